The highest BCUT2D eigenvalue weighted by Crippen LogP contribution is 2.21. The molecule has 1 aliphatic carbocycles. The number of H-pyrrole nitrogens is 1. The second-order valence-electron chi connectivity index (χ2n) is 9.56. The summed E-state index contributed by atoms with van der Waals surface area (Å²) in [5.41, 5.74) is 5.95. The molecule has 0 radical (unpaired) electrons. The Hall–Kier alpha value is -3.08. The Labute approximate surface area is 196 Å². The van der Waals surface area contributed by atoms with Gasteiger partial charge in [0.15, 0.2) is 0 Å². The maximum atomic E-state index is 13.3. The van der Waals surface area contributed by atoms with Gasteiger partial charge in [-0.2, -0.15) is 0 Å². The molecule has 0 unspecified atom stereocenters. The molecular weight excluding hydrogens is 410 g/mol. The summed E-state index contributed by atoms with van der Waals surface area (Å²) in [6, 6.07) is 14.6. The van der Waals surface area contributed by atoms with Gasteiger partial charge < -0.3 is 15.2 Å². The molecule has 2 N–H and O–H groups in total. The van der Waals surface area contributed by atoms with E-state index in [-0.39, 0.29) is 17.6 Å². The highest BCUT2D eigenvalue weighted by Gasteiger charge is 2.21. The van der Waals surface area contributed by atoms with Crippen molar-refractivity contribution in [3.63, 3.8) is 0 Å². The first-order chi connectivity index (χ1) is 15.9. The van der Waals surface area contributed by atoms with Crippen molar-refractivity contribution >= 4 is 16.9 Å². The van der Waals surface area contributed by atoms with Gasteiger partial charge in [-0.05, 0) is 62.8 Å². The van der Waals surface area contributed by atoms with Gasteiger partial charge in [-0.1, -0.05) is 61.2 Å². The van der Waals surface area contributed by atoms with Crippen molar-refractivity contribution in [2.75, 3.05) is 6.54 Å². The number of carbonyl (C=O) groups excluding carboxylic acids is 1. The Morgan fingerprint density at radius 3 is 2.55 bits per heavy atom. The number of nitrogens with zero attached hydrogens (tertiary/aromatic N) is 1. The van der Waals surface area contributed by atoms with Gasteiger partial charge >= 0.3 is 6.03 Å². The van der Waals surface area contributed by atoms with E-state index in [1.807, 2.05) is 19.1 Å². The lowest BCUT2D eigenvalue weighted by atomic mass is 9.96. The molecule has 5 heteroatoms. The molecule has 174 valence electrons. The van der Waals surface area contributed by atoms with Gasteiger partial charge in [0, 0.05) is 23.5 Å². The molecule has 0 atom stereocenters. The number of aromatic nitrogens is 1. The van der Waals surface area contributed by atoms with Gasteiger partial charge in [-0.25, -0.2) is 4.79 Å². The van der Waals surface area contributed by atoms with Crippen LogP contribution in [0.1, 0.15) is 59.9 Å². The third kappa shape index (κ3) is 5.65. The zero-order valence-corrected chi connectivity index (χ0v) is 20.0. The number of pyridine rings is 1. The van der Waals surface area contributed by atoms with Crippen LogP contribution < -0.4 is 10.9 Å². The van der Waals surface area contributed by atoms with E-state index in [1.54, 1.807) is 4.90 Å². The normalized spacial score (nSPS) is 14.4. The number of benzene rings is 2. The zero-order valence-electron chi connectivity index (χ0n) is 20.0. The smallest absolute Gasteiger partial charge is 0.317 e. The average molecular weight is 446 g/mol. The number of aromatic amines is 1. The van der Waals surface area contributed by atoms with Gasteiger partial charge in [0.05, 0.1) is 12.1 Å². The predicted octanol–water partition coefficient (Wildman–Crippen LogP) is 5.54. The molecule has 1 aromatic heterocycles. The van der Waals surface area contributed by atoms with Crippen molar-refractivity contribution in [2.24, 2.45) is 0 Å². The van der Waals surface area contributed by atoms with Crippen LogP contribution in [0.2, 0.25) is 0 Å². The maximum Gasteiger partial charge on any atom is 0.317 e. The summed E-state index contributed by atoms with van der Waals surface area (Å²) >= 11 is 0. The molecule has 5 nitrogen and oxygen atoms in total. The summed E-state index contributed by atoms with van der Waals surface area (Å²) in [4.78, 5) is 31.1. The number of amides is 2. The molecule has 0 saturated heterocycles. The lowest BCUT2D eigenvalue weighted by molar-refractivity contribution is 0.187. The van der Waals surface area contributed by atoms with Gasteiger partial charge in [-0.15, -0.1) is 0 Å². The predicted molar refractivity (Wildman–Crippen MR) is 135 cm³/mol. The lowest BCUT2D eigenvalue weighted by Crippen LogP contribution is -2.46. The lowest BCUT2D eigenvalue weighted by Gasteiger charge is -2.28. The first-order valence-electron chi connectivity index (χ1n) is 12.1. The number of urea groups is 1. The summed E-state index contributed by atoms with van der Waals surface area (Å²) in [5, 5.41) is 4.28. The van der Waals surface area contributed by atoms with Crippen molar-refractivity contribution < 1.29 is 4.79 Å². The van der Waals surface area contributed by atoms with E-state index < -0.39 is 0 Å². The van der Waals surface area contributed by atoms with Gasteiger partial charge in [-0.3, -0.25) is 4.79 Å². The third-order valence-electron chi connectivity index (χ3n) is 6.85. The molecule has 33 heavy (non-hydrogen) atoms. The van der Waals surface area contributed by atoms with Crippen molar-refractivity contribution in [1.82, 2.24) is 15.2 Å². The van der Waals surface area contributed by atoms with E-state index >= 15 is 0 Å². The van der Waals surface area contributed by atoms with Gasteiger partial charge in [0.1, 0.15) is 0 Å². The summed E-state index contributed by atoms with van der Waals surface area (Å²) in [6.07, 6.45) is 6.39. The Kier molecular flexibility index (Phi) is 7.17. The van der Waals surface area contributed by atoms with Crippen LogP contribution in [0.4, 0.5) is 4.79 Å². The first kappa shape index (κ1) is 23.1. The van der Waals surface area contributed by atoms with Crippen LogP contribution in [0, 0.1) is 20.8 Å². The fraction of sp³-hybridized carbons (Fsp3) is 0.429. The number of aryl methyl sites for hydroxylation is 3. The van der Waals surface area contributed by atoms with Crippen LogP contribution in [0.3, 0.4) is 0 Å². The minimum Gasteiger partial charge on any atom is -0.335 e. The average Bonchev–Trinajstić information content (AvgIpc) is 2.80. The van der Waals surface area contributed by atoms with Crippen molar-refractivity contribution in [3.05, 3.63) is 80.6 Å². The first-order valence-corrected chi connectivity index (χ1v) is 12.1. The Bertz CT molecular complexity index is 1190. The second-order valence-corrected chi connectivity index (χ2v) is 9.56. The molecule has 2 aromatic carbocycles. The van der Waals surface area contributed by atoms with E-state index in [0.717, 1.165) is 54.1 Å². The molecule has 2 amide bonds. The molecule has 1 heterocycles. The summed E-state index contributed by atoms with van der Waals surface area (Å²) in [6.45, 7) is 6.99. The molecule has 0 spiro atoms. The van der Waals surface area contributed by atoms with Gasteiger partial charge in [0.2, 0.25) is 0 Å². The second kappa shape index (κ2) is 10.2. The third-order valence-corrected chi connectivity index (χ3v) is 6.85. The maximum absolute atomic E-state index is 13.3. The monoisotopic (exact) mass is 445 g/mol. The van der Waals surface area contributed by atoms with Gasteiger partial charge in [0.25, 0.3) is 5.56 Å². The molecule has 4 rings (SSSR count). The van der Waals surface area contributed by atoms with Crippen LogP contribution in [-0.4, -0.2) is 28.5 Å². The standard InChI is InChI=1S/C28H35N3O2/c1-19-8-7-9-22(16-19)14-15-31(28(33)29-24-10-5-4-6-11-24)18-23-17-25-20(2)12-13-21(3)26(25)30-27(23)32/h7-9,12-13,16-17,24H,4-6,10-11,14-15,18H2,1-3H3,(H,29,33)(H,30,32). The molecule has 1 saturated carbocycles. The molecule has 0 aliphatic heterocycles. The number of rotatable bonds is 6. The summed E-state index contributed by atoms with van der Waals surface area (Å²) in [5.74, 6) is 0. The van der Waals surface area contributed by atoms with Crippen molar-refractivity contribution in [1.29, 1.82) is 0 Å². The number of carbonyl (C=O) groups is 1. The number of nitrogens with one attached hydrogen (secondary N) is 2. The van der Waals surface area contributed by atoms with E-state index in [0.29, 0.717) is 18.7 Å². The largest absolute Gasteiger partial charge is 0.335 e. The van der Waals surface area contributed by atoms with E-state index in [1.165, 1.54) is 17.5 Å². The Balaban J connectivity index is 1.59. The number of fused-ring (bicyclic) bond motifs is 1. The molecule has 3 aromatic rings. The van der Waals surface area contributed by atoms with Crippen LogP contribution in [-0.2, 0) is 13.0 Å². The van der Waals surface area contributed by atoms with Crippen LogP contribution in [0.5, 0.6) is 0 Å². The zero-order chi connectivity index (χ0) is 23.4. The minimum absolute atomic E-state index is 0.0741. The quantitative estimate of drug-likeness (QED) is 0.523. The minimum atomic E-state index is -0.123. The summed E-state index contributed by atoms with van der Waals surface area (Å²) in [7, 11) is 0. The van der Waals surface area contributed by atoms with Crippen LogP contribution >= 0.6 is 0 Å². The number of hydrogen-bond acceptors (Lipinski definition) is 2. The van der Waals surface area contributed by atoms with E-state index in [2.05, 4.69) is 54.5 Å². The fourth-order valence-electron chi connectivity index (χ4n) is 4.84. The highest BCUT2D eigenvalue weighted by molar-refractivity contribution is 5.85. The highest BCUT2D eigenvalue weighted by atomic mass is 16.2. The van der Waals surface area contributed by atoms with E-state index in [4.69, 9.17) is 0 Å². The Morgan fingerprint density at radius 1 is 1.03 bits per heavy atom. The van der Waals surface area contributed by atoms with Crippen LogP contribution in [0.25, 0.3) is 10.9 Å². The van der Waals surface area contributed by atoms with E-state index in [9.17, 15) is 9.59 Å². The molecule has 1 fully saturated rings. The van der Waals surface area contributed by atoms with Crippen molar-refractivity contribution in [2.45, 2.75) is 71.9 Å². The SMILES string of the molecule is Cc1cccc(CCN(Cc2cc3c(C)ccc(C)c3[nH]c2=O)C(=O)NC2CCCCC2)c1. The number of hydrogen-bond donors (Lipinski definition) is 2. The molecule has 1 aliphatic rings. The fourth-order valence-corrected chi connectivity index (χ4v) is 4.84. The Morgan fingerprint density at radius 2 is 1.79 bits per heavy atom. The molecular formula is C28H35N3O2. The topological polar surface area (TPSA) is 65.2 Å². The van der Waals surface area contributed by atoms with Crippen molar-refractivity contribution in [3.8, 4) is 0 Å². The molecule has 0 bridgehead atoms. The summed E-state index contributed by atoms with van der Waals surface area (Å²) < 4.78 is 0. The van der Waals surface area contributed by atoms with Crippen LogP contribution in [0.15, 0.2) is 47.3 Å².